The van der Waals surface area contributed by atoms with Gasteiger partial charge in [0.2, 0.25) is 0 Å². The van der Waals surface area contributed by atoms with E-state index in [1.807, 2.05) is 19.2 Å². The molecule has 0 amide bonds. The molecule has 1 unspecified atom stereocenters. The average Bonchev–Trinajstić information content (AvgIpc) is 3.27. The van der Waals surface area contributed by atoms with Crippen LogP contribution in [0.1, 0.15) is 54.7 Å². The van der Waals surface area contributed by atoms with Crippen molar-refractivity contribution in [2.45, 2.75) is 51.5 Å². The Kier molecular flexibility index (Phi) is 6.94. The first-order valence-corrected chi connectivity index (χ1v) is 11.1. The van der Waals surface area contributed by atoms with Crippen LogP contribution in [0.2, 0.25) is 0 Å². The van der Waals surface area contributed by atoms with Crippen molar-refractivity contribution in [3.05, 3.63) is 59.3 Å². The van der Waals surface area contributed by atoms with Crippen molar-refractivity contribution in [2.24, 2.45) is 0 Å². The minimum absolute atomic E-state index is 0.107. The molecule has 9 heteroatoms. The molecule has 32 heavy (non-hydrogen) atoms. The maximum absolute atomic E-state index is 11.4. The third kappa shape index (κ3) is 5.40. The maximum atomic E-state index is 11.4. The number of carboxylic acids is 1. The summed E-state index contributed by atoms with van der Waals surface area (Å²) in [7, 11) is 0. The first kappa shape index (κ1) is 21.7. The fourth-order valence-corrected chi connectivity index (χ4v) is 3.87. The van der Waals surface area contributed by atoms with Crippen LogP contribution in [-0.4, -0.2) is 49.0 Å². The molecule has 0 radical (unpaired) electrons. The van der Waals surface area contributed by atoms with E-state index in [1.54, 1.807) is 17.1 Å². The molecular weight excluding hydrogens is 408 g/mol. The van der Waals surface area contributed by atoms with Gasteiger partial charge in [-0.2, -0.15) is 5.10 Å². The number of nitrogens with one attached hydrogen (secondary N) is 1. The number of ether oxygens (including phenoxy) is 1. The smallest absolute Gasteiger partial charge is 0.316 e. The molecule has 2 N–H and O–H groups in total. The second-order valence-electron chi connectivity index (χ2n) is 7.83. The van der Waals surface area contributed by atoms with Gasteiger partial charge in [-0.05, 0) is 56.7 Å². The maximum Gasteiger partial charge on any atom is 0.316 e. The van der Waals surface area contributed by atoms with Gasteiger partial charge in [-0.15, -0.1) is 0 Å². The van der Waals surface area contributed by atoms with Crippen molar-refractivity contribution in [1.29, 1.82) is 0 Å². The van der Waals surface area contributed by atoms with Crippen molar-refractivity contribution in [3.63, 3.8) is 0 Å². The number of anilines is 1. The van der Waals surface area contributed by atoms with Crippen LogP contribution in [0.4, 0.5) is 5.82 Å². The SMILES string of the molecule is CCOc1ncc(C(CC(=O)O)n2ccc(CCCc3ccc4c(n3)NCCC4)n2)cn1. The van der Waals surface area contributed by atoms with Gasteiger partial charge in [0.15, 0.2) is 0 Å². The minimum Gasteiger partial charge on any atom is -0.481 e. The van der Waals surface area contributed by atoms with E-state index in [2.05, 4.69) is 32.5 Å². The Morgan fingerprint density at radius 1 is 1.22 bits per heavy atom. The molecule has 0 spiro atoms. The number of rotatable bonds is 10. The number of aryl methyl sites for hydroxylation is 3. The van der Waals surface area contributed by atoms with Crippen LogP contribution < -0.4 is 10.1 Å². The highest BCUT2D eigenvalue weighted by atomic mass is 16.5. The first-order chi connectivity index (χ1) is 15.6. The van der Waals surface area contributed by atoms with E-state index in [0.717, 1.165) is 55.9 Å². The summed E-state index contributed by atoms with van der Waals surface area (Å²) in [5, 5.41) is 17.4. The fraction of sp³-hybridized carbons (Fsp3) is 0.435. The highest BCUT2D eigenvalue weighted by Gasteiger charge is 2.20. The number of aromatic nitrogens is 5. The Balaban J connectivity index is 1.39. The molecule has 0 aromatic carbocycles. The normalized spacial score (nSPS) is 13.8. The lowest BCUT2D eigenvalue weighted by Gasteiger charge is -2.17. The molecule has 4 heterocycles. The number of carbonyl (C=O) groups is 1. The molecule has 9 nitrogen and oxygen atoms in total. The summed E-state index contributed by atoms with van der Waals surface area (Å²) in [6.45, 7) is 3.31. The van der Waals surface area contributed by atoms with Crippen LogP contribution in [0.3, 0.4) is 0 Å². The lowest BCUT2D eigenvalue weighted by molar-refractivity contribution is -0.137. The van der Waals surface area contributed by atoms with E-state index in [-0.39, 0.29) is 12.4 Å². The van der Waals surface area contributed by atoms with Crippen LogP contribution in [0.25, 0.3) is 0 Å². The van der Waals surface area contributed by atoms with Gasteiger partial charge in [0.25, 0.3) is 0 Å². The Morgan fingerprint density at radius 2 is 2.03 bits per heavy atom. The number of hydrogen-bond acceptors (Lipinski definition) is 7. The van der Waals surface area contributed by atoms with Crippen LogP contribution in [-0.2, 0) is 24.1 Å². The molecule has 168 valence electrons. The van der Waals surface area contributed by atoms with Gasteiger partial charge in [0.1, 0.15) is 5.82 Å². The predicted octanol–water partition coefficient (Wildman–Crippen LogP) is 3.06. The lowest BCUT2D eigenvalue weighted by atomic mass is 10.1. The molecule has 0 fully saturated rings. The van der Waals surface area contributed by atoms with Crippen molar-refractivity contribution >= 4 is 11.8 Å². The highest BCUT2D eigenvalue weighted by molar-refractivity contribution is 5.68. The summed E-state index contributed by atoms with van der Waals surface area (Å²) in [5.74, 6) is 0.111. The number of pyridine rings is 1. The minimum atomic E-state index is -0.909. The monoisotopic (exact) mass is 436 g/mol. The van der Waals surface area contributed by atoms with Crippen LogP contribution in [0, 0.1) is 0 Å². The van der Waals surface area contributed by atoms with Crippen LogP contribution >= 0.6 is 0 Å². The van der Waals surface area contributed by atoms with Gasteiger partial charge in [0, 0.05) is 36.4 Å². The average molecular weight is 437 g/mol. The molecule has 0 aliphatic carbocycles. The summed E-state index contributed by atoms with van der Waals surface area (Å²) in [4.78, 5) is 24.5. The second-order valence-corrected chi connectivity index (χ2v) is 7.83. The van der Waals surface area contributed by atoms with E-state index in [1.165, 1.54) is 5.56 Å². The summed E-state index contributed by atoms with van der Waals surface area (Å²) in [6, 6.07) is 6.02. The predicted molar refractivity (Wildman–Crippen MR) is 119 cm³/mol. The Bertz CT molecular complexity index is 1050. The van der Waals surface area contributed by atoms with Crippen molar-refractivity contribution in [1.82, 2.24) is 24.7 Å². The van der Waals surface area contributed by atoms with Gasteiger partial charge in [-0.3, -0.25) is 9.48 Å². The zero-order valence-electron chi connectivity index (χ0n) is 18.2. The van der Waals surface area contributed by atoms with E-state index in [0.29, 0.717) is 12.2 Å². The van der Waals surface area contributed by atoms with E-state index in [4.69, 9.17) is 9.72 Å². The van der Waals surface area contributed by atoms with Gasteiger partial charge in [-0.1, -0.05) is 6.07 Å². The Hall–Kier alpha value is -3.49. The van der Waals surface area contributed by atoms with E-state index >= 15 is 0 Å². The molecule has 1 aliphatic heterocycles. The summed E-state index contributed by atoms with van der Waals surface area (Å²) >= 11 is 0. The number of hydrogen-bond donors (Lipinski definition) is 2. The largest absolute Gasteiger partial charge is 0.481 e. The molecule has 4 rings (SSSR count). The van der Waals surface area contributed by atoms with E-state index < -0.39 is 12.0 Å². The van der Waals surface area contributed by atoms with Gasteiger partial charge in [0.05, 0.1) is 24.8 Å². The zero-order valence-corrected chi connectivity index (χ0v) is 18.2. The van der Waals surface area contributed by atoms with Crippen LogP contribution in [0.15, 0.2) is 36.8 Å². The Labute approximate surface area is 186 Å². The molecule has 3 aromatic heterocycles. The van der Waals surface area contributed by atoms with Crippen molar-refractivity contribution in [3.8, 4) is 6.01 Å². The third-order valence-electron chi connectivity index (χ3n) is 5.47. The molecule has 1 aliphatic rings. The topological polar surface area (TPSA) is 115 Å². The highest BCUT2D eigenvalue weighted by Crippen LogP contribution is 2.23. The molecule has 0 bridgehead atoms. The number of carboxylic acid groups (broad SMARTS) is 1. The number of fused-ring (bicyclic) bond motifs is 1. The third-order valence-corrected chi connectivity index (χ3v) is 5.47. The Morgan fingerprint density at radius 3 is 2.81 bits per heavy atom. The molecular formula is C23H28N6O3. The summed E-state index contributed by atoms with van der Waals surface area (Å²) < 4.78 is 6.96. The fourth-order valence-electron chi connectivity index (χ4n) is 3.87. The van der Waals surface area contributed by atoms with Gasteiger partial charge >= 0.3 is 12.0 Å². The molecule has 0 saturated heterocycles. The summed E-state index contributed by atoms with van der Waals surface area (Å²) in [5.41, 5.74) is 3.97. The number of aliphatic carboxylic acids is 1. The number of nitrogens with zero attached hydrogens (tertiary/aromatic N) is 5. The van der Waals surface area contributed by atoms with Crippen molar-refractivity contribution < 1.29 is 14.6 Å². The lowest BCUT2D eigenvalue weighted by Crippen LogP contribution is -2.17. The first-order valence-electron chi connectivity index (χ1n) is 11.1. The van der Waals surface area contributed by atoms with Crippen LogP contribution in [0.5, 0.6) is 6.01 Å². The van der Waals surface area contributed by atoms with Crippen molar-refractivity contribution in [2.75, 3.05) is 18.5 Å². The zero-order chi connectivity index (χ0) is 22.3. The quantitative estimate of drug-likeness (QED) is 0.498. The molecule has 3 aromatic rings. The summed E-state index contributed by atoms with van der Waals surface area (Å²) in [6.07, 6.45) is 9.73. The van der Waals surface area contributed by atoms with Gasteiger partial charge in [-0.25, -0.2) is 15.0 Å². The molecule has 1 atom stereocenters. The van der Waals surface area contributed by atoms with E-state index in [9.17, 15) is 9.90 Å². The second kappa shape index (κ2) is 10.2. The standard InChI is InChI=1S/C23H28N6O3/c1-2-32-23-25-14-17(15-26-23)20(13-21(30)31)29-12-10-19(28-29)7-3-6-18-9-8-16-5-4-11-24-22(16)27-18/h8-10,12,14-15,20H,2-7,11,13H2,1H3,(H,24,27)(H,30,31). The molecule has 0 saturated carbocycles. The van der Waals surface area contributed by atoms with Gasteiger partial charge < -0.3 is 15.2 Å².